The number of benzene rings is 1. The molecule has 2 aromatic rings. The summed E-state index contributed by atoms with van der Waals surface area (Å²) in [6, 6.07) is 9.82. The van der Waals surface area contributed by atoms with Gasteiger partial charge in [-0.05, 0) is 19.1 Å². The summed E-state index contributed by atoms with van der Waals surface area (Å²) < 4.78 is 0. The summed E-state index contributed by atoms with van der Waals surface area (Å²) in [6.45, 7) is 1.90. The van der Waals surface area contributed by atoms with Crippen LogP contribution in [0.4, 0.5) is 17.3 Å². The van der Waals surface area contributed by atoms with E-state index in [1.54, 1.807) is 0 Å². The van der Waals surface area contributed by atoms with Gasteiger partial charge in [0.1, 0.15) is 18.0 Å². The summed E-state index contributed by atoms with van der Waals surface area (Å²) in [5, 5.41) is 3.20. The van der Waals surface area contributed by atoms with Gasteiger partial charge in [-0.2, -0.15) is 0 Å². The predicted molar refractivity (Wildman–Crippen MR) is 64.3 cm³/mol. The maximum atomic E-state index is 5.34. The second-order valence-corrected chi connectivity index (χ2v) is 3.33. The van der Waals surface area contributed by atoms with Crippen LogP contribution in [-0.4, -0.2) is 9.97 Å². The van der Waals surface area contributed by atoms with Crippen LogP contribution in [0.1, 0.15) is 5.56 Å². The molecule has 0 radical (unpaired) electrons. The lowest BCUT2D eigenvalue weighted by molar-refractivity contribution is 1.11. The lowest BCUT2D eigenvalue weighted by Gasteiger charge is -2.10. The van der Waals surface area contributed by atoms with Crippen LogP contribution in [0.2, 0.25) is 0 Å². The predicted octanol–water partition coefficient (Wildman–Crippen LogP) is 1.81. The highest BCUT2D eigenvalue weighted by molar-refractivity contribution is 5.63. The van der Waals surface area contributed by atoms with Crippen molar-refractivity contribution < 1.29 is 0 Å². The van der Waals surface area contributed by atoms with E-state index in [2.05, 4.69) is 20.7 Å². The van der Waals surface area contributed by atoms with E-state index in [-0.39, 0.29) is 0 Å². The summed E-state index contributed by atoms with van der Waals surface area (Å²) in [5.74, 6) is 6.71. The monoisotopic (exact) mass is 215 g/mol. The van der Waals surface area contributed by atoms with Gasteiger partial charge < -0.3 is 10.7 Å². The Morgan fingerprint density at radius 3 is 2.44 bits per heavy atom. The molecule has 82 valence electrons. The Bertz CT molecular complexity index is 469. The van der Waals surface area contributed by atoms with E-state index in [0.29, 0.717) is 5.82 Å². The van der Waals surface area contributed by atoms with Crippen LogP contribution in [0.3, 0.4) is 0 Å². The third-order valence-corrected chi connectivity index (χ3v) is 2.26. The highest BCUT2D eigenvalue weighted by Gasteiger charge is 2.05. The van der Waals surface area contributed by atoms with Gasteiger partial charge in [0, 0.05) is 11.3 Å². The average molecular weight is 215 g/mol. The van der Waals surface area contributed by atoms with Crippen LogP contribution in [-0.2, 0) is 0 Å². The van der Waals surface area contributed by atoms with Crippen molar-refractivity contribution in [3.63, 3.8) is 0 Å². The van der Waals surface area contributed by atoms with Gasteiger partial charge in [0.05, 0.1) is 0 Å². The molecule has 5 heteroatoms. The van der Waals surface area contributed by atoms with E-state index in [4.69, 9.17) is 5.84 Å². The van der Waals surface area contributed by atoms with Crippen LogP contribution in [0.5, 0.6) is 0 Å². The van der Waals surface area contributed by atoms with Crippen LogP contribution in [0.25, 0.3) is 0 Å². The molecule has 5 nitrogen and oxygen atoms in total. The number of hydrazine groups is 1. The van der Waals surface area contributed by atoms with Crippen molar-refractivity contribution in [1.29, 1.82) is 0 Å². The first-order valence-corrected chi connectivity index (χ1v) is 4.91. The van der Waals surface area contributed by atoms with Gasteiger partial charge in [-0.3, -0.25) is 0 Å². The number of nitrogens with one attached hydrogen (secondary N) is 2. The summed E-state index contributed by atoms with van der Waals surface area (Å²) >= 11 is 0. The Morgan fingerprint density at radius 2 is 1.75 bits per heavy atom. The van der Waals surface area contributed by atoms with Gasteiger partial charge in [0.2, 0.25) is 0 Å². The minimum Gasteiger partial charge on any atom is -0.340 e. The number of hydrogen-bond acceptors (Lipinski definition) is 5. The van der Waals surface area contributed by atoms with Gasteiger partial charge in [-0.15, -0.1) is 0 Å². The zero-order valence-corrected chi connectivity index (χ0v) is 8.94. The van der Waals surface area contributed by atoms with E-state index < -0.39 is 0 Å². The van der Waals surface area contributed by atoms with Crippen molar-refractivity contribution in [2.24, 2.45) is 5.84 Å². The molecule has 1 heterocycles. The number of para-hydroxylation sites is 1. The SMILES string of the molecule is Cc1c(NN)ncnc1Nc1ccccc1. The molecule has 0 aliphatic heterocycles. The zero-order chi connectivity index (χ0) is 11.4. The molecule has 0 aliphatic carbocycles. The highest BCUT2D eigenvalue weighted by atomic mass is 15.3. The maximum absolute atomic E-state index is 5.34. The van der Waals surface area contributed by atoms with Crippen LogP contribution in [0, 0.1) is 6.92 Å². The molecule has 2 rings (SSSR count). The minimum atomic E-state index is 0.619. The smallest absolute Gasteiger partial charge is 0.148 e. The van der Waals surface area contributed by atoms with Gasteiger partial charge in [0.25, 0.3) is 0 Å². The lowest BCUT2D eigenvalue weighted by atomic mass is 10.3. The van der Waals surface area contributed by atoms with Crippen molar-refractivity contribution in [3.8, 4) is 0 Å². The number of nitrogens with two attached hydrogens (primary N) is 1. The van der Waals surface area contributed by atoms with Crippen LogP contribution >= 0.6 is 0 Å². The number of hydrogen-bond donors (Lipinski definition) is 3. The Morgan fingerprint density at radius 1 is 1.06 bits per heavy atom. The molecule has 1 aromatic carbocycles. The van der Waals surface area contributed by atoms with Gasteiger partial charge in [0.15, 0.2) is 0 Å². The molecule has 0 unspecified atom stereocenters. The summed E-state index contributed by atoms with van der Waals surface area (Å²) in [7, 11) is 0. The van der Waals surface area contributed by atoms with E-state index in [0.717, 1.165) is 17.1 Å². The van der Waals surface area contributed by atoms with Crippen molar-refractivity contribution in [2.45, 2.75) is 6.92 Å². The highest BCUT2D eigenvalue weighted by Crippen LogP contribution is 2.21. The topological polar surface area (TPSA) is 75.9 Å². The first-order valence-electron chi connectivity index (χ1n) is 4.91. The number of rotatable bonds is 3. The average Bonchev–Trinajstić information content (AvgIpc) is 2.33. The van der Waals surface area contributed by atoms with E-state index in [1.165, 1.54) is 6.33 Å². The number of aromatic nitrogens is 2. The fraction of sp³-hybridized carbons (Fsp3) is 0.0909. The Hall–Kier alpha value is -2.14. The van der Waals surface area contributed by atoms with Crippen LogP contribution in [0.15, 0.2) is 36.7 Å². The first kappa shape index (κ1) is 10.4. The lowest BCUT2D eigenvalue weighted by Crippen LogP contribution is -2.11. The quantitative estimate of drug-likeness (QED) is 0.537. The van der Waals surface area contributed by atoms with Crippen molar-refractivity contribution in [2.75, 3.05) is 10.7 Å². The Kier molecular flexibility index (Phi) is 2.98. The second kappa shape index (κ2) is 4.59. The molecule has 16 heavy (non-hydrogen) atoms. The normalized spacial score (nSPS) is 9.88. The molecule has 1 aromatic heterocycles. The molecule has 4 N–H and O–H groups in total. The van der Waals surface area contributed by atoms with Crippen molar-refractivity contribution in [3.05, 3.63) is 42.2 Å². The summed E-state index contributed by atoms with van der Waals surface area (Å²) in [4.78, 5) is 8.18. The second-order valence-electron chi connectivity index (χ2n) is 3.33. The third-order valence-electron chi connectivity index (χ3n) is 2.26. The van der Waals surface area contributed by atoms with Crippen LogP contribution < -0.4 is 16.6 Å². The standard InChI is InChI=1S/C11H13N5/c1-8-10(13-7-14-11(8)16-12)15-9-5-3-2-4-6-9/h2-7H,12H2,1H3,(H2,13,14,15,16). The van der Waals surface area contributed by atoms with Crippen molar-refractivity contribution in [1.82, 2.24) is 9.97 Å². The Balaban J connectivity index is 2.28. The molecule has 0 amide bonds. The molecule has 0 atom stereocenters. The zero-order valence-electron chi connectivity index (χ0n) is 8.94. The van der Waals surface area contributed by atoms with Crippen molar-refractivity contribution >= 4 is 17.3 Å². The van der Waals surface area contributed by atoms with E-state index >= 15 is 0 Å². The van der Waals surface area contributed by atoms with Gasteiger partial charge in [-0.1, -0.05) is 18.2 Å². The molecule has 0 bridgehead atoms. The number of nitrogens with zero attached hydrogens (tertiary/aromatic N) is 2. The fourth-order valence-electron chi connectivity index (χ4n) is 1.38. The fourth-order valence-corrected chi connectivity index (χ4v) is 1.38. The van der Waals surface area contributed by atoms with Gasteiger partial charge in [-0.25, -0.2) is 15.8 Å². The number of anilines is 3. The molecule has 0 saturated carbocycles. The molecule has 0 saturated heterocycles. The molecular weight excluding hydrogens is 202 g/mol. The Labute approximate surface area is 93.7 Å². The first-order chi connectivity index (χ1) is 7.81. The molecule has 0 fully saturated rings. The van der Waals surface area contributed by atoms with Gasteiger partial charge >= 0.3 is 0 Å². The summed E-state index contributed by atoms with van der Waals surface area (Å²) in [5.41, 5.74) is 4.39. The minimum absolute atomic E-state index is 0.619. The molecule has 0 aliphatic rings. The summed E-state index contributed by atoms with van der Waals surface area (Å²) in [6.07, 6.45) is 1.47. The maximum Gasteiger partial charge on any atom is 0.148 e. The molecule has 0 spiro atoms. The van der Waals surface area contributed by atoms with E-state index in [1.807, 2.05) is 37.3 Å². The molecular formula is C11H13N5. The van der Waals surface area contributed by atoms with E-state index in [9.17, 15) is 0 Å². The number of nitrogen functional groups attached to an aromatic ring is 1. The largest absolute Gasteiger partial charge is 0.340 e. The third kappa shape index (κ3) is 2.09.